The fraction of sp³-hybridized carbons (Fsp3) is 0.429. The zero-order valence-corrected chi connectivity index (χ0v) is 18.2. The van der Waals surface area contributed by atoms with Gasteiger partial charge in [-0.2, -0.15) is 4.98 Å². The highest BCUT2D eigenvalue weighted by atomic mass is 32.2. The summed E-state index contributed by atoms with van der Waals surface area (Å²) in [6, 6.07) is 10.1. The first-order valence-corrected chi connectivity index (χ1v) is 10.3. The largest absolute Gasteiger partial charge is 0.333 e. The van der Waals surface area contributed by atoms with Gasteiger partial charge in [0, 0.05) is 23.5 Å². The SMILES string of the molecule is Cc1nc2nc(SCC(=O)N(Cc3ccccc3)C(C)(C)C)nn2c(C)c1C. The molecule has 148 valence electrons. The molecule has 1 aromatic carbocycles. The minimum Gasteiger partial charge on any atom is -0.333 e. The molecule has 0 N–H and O–H groups in total. The van der Waals surface area contributed by atoms with Crippen LogP contribution in [0.5, 0.6) is 0 Å². The van der Waals surface area contributed by atoms with Gasteiger partial charge < -0.3 is 4.90 Å². The Labute approximate surface area is 170 Å². The van der Waals surface area contributed by atoms with Gasteiger partial charge in [0.2, 0.25) is 11.1 Å². The van der Waals surface area contributed by atoms with E-state index in [1.807, 2.05) is 56.0 Å². The van der Waals surface area contributed by atoms with E-state index in [0.717, 1.165) is 22.5 Å². The normalized spacial score (nSPS) is 11.8. The number of benzene rings is 1. The lowest BCUT2D eigenvalue weighted by Gasteiger charge is -2.35. The number of aryl methyl sites for hydroxylation is 2. The quantitative estimate of drug-likeness (QED) is 0.610. The molecule has 0 saturated carbocycles. The van der Waals surface area contributed by atoms with Crippen molar-refractivity contribution in [1.29, 1.82) is 0 Å². The number of hydrogen-bond donors (Lipinski definition) is 0. The number of nitrogens with zero attached hydrogens (tertiary/aromatic N) is 5. The van der Waals surface area contributed by atoms with E-state index in [4.69, 9.17) is 0 Å². The number of thioether (sulfide) groups is 1. The molecule has 3 rings (SSSR count). The van der Waals surface area contributed by atoms with E-state index in [-0.39, 0.29) is 17.2 Å². The molecule has 6 nitrogen and oxygen atoms in total. The predicted octanol–water partition coefficient (Wildman–Crippen LogP) is 3.97. The number of aromatic nitrogens is 4. The second-order valence-corrected chi connectivity index (χ2v) is 8.88. The maximum atomic E-state index is 13.0. The van der Waals surface area contributed by atoms with Crippen molar-refractivity contribution < 1.29 is 4.79 Å². The molecule has 0 bridgehead atoms. The summed E-state index contributed by atoms with van der Waals surface area (Å²) in [4.78, 5) is 23.9. The Morgan fingerprint density at radius 3 is 2.43 bits per heavy atom. The van der Waals surface area contributed by atoms with E-state index in [9.17, 15) is 4.79 Å². The summed E-state index contributed by atoms with van der Waals surface area (Å²) in [5.41, 5.74) is 3.92. The fourth-order valence-corrected chi connectivity index (χ4v) is 3.66. The van der Waals surface area contributed by atoms with Crippen LogP contribution in [0.15, 0.2) is 35.5 Å². The van der Waals surface area contributed by atoms with Gasteiger partial charge in [0.1, 0.15) is 0 Å². The highest BCUT2D eigenvalue weighted by Gasteiger charge is 2.27. The summed E-state index contributed by atoms with van der Waals surface area (Å²) in [6.45, 7) is 12.8. The van der Waals surface area contributed by atoms with Crippen molar-refractivity contribution in [3.05, 3.63) is 52.8 Å². The first-order valence-electron chi connectivity index (χ1n) is 9.34. The smallest absolute Gasteiger partial charge is 0.253 e. The van der Waals surface area contributed by atoms with Crippen LogP contribution in [0.4, 0.5) is 0 Å². The predicted molar refractivity (Wildman–Crippen MR) is 112 cm³/mol. The van der Waals surface area contributed by atoms with Gasteiger partial charge in [-0.25, -0.2) is 9.50 Å². The molecule has 0 aliphatic carbocycles. The first kappa shape index (κ1) is 20.3. The third-order valence-corrected chi connectivity index (χ3v) is 5.68. The molecule has 0 radical (unpaired) electrons. The average molecular weight is 398 g/mol. The first-order chi connectivity index (χ1) is 13.2. The summed E-state index contributed by atoms with van der Waals surface area (Å²) < 4.78 is 1.75. The Kier molecular flexibility index (Phi) is 5.74. The Morgan fingerprint density at radius 2 is 1.79 bits per heavy atom. The highest BCUT2D eigenvalue weighted by molar-refractivity contribution is 7.99. The molecular formula is C21H27N5OS. The van der Waals surface area contributed by atoms with Crippen LogP contribution in [-0.2, 0) is 11.3 Å². The highest BCUT2D eigenvalue weighted by Crippen LogP contribution is 2.22. The van der Waals surface area contributed by atoms with E-state index in [2.05, 4.69) is 35.8 Å². The summed E-state index contributed by atoms with van der Waals surface area (Å²) in [6.07, 6.45) is 0. The summed E-state index contributed by atoms with van der Waals surface area (Å²) in [5.74, 6) is 0.933. The molecule has 0 fully saturated rings. The monoisotopic (exact) mass is 397 g/mol. The molecule has 0 unspecified atom stereocenters. The molecule has 3 aromatic rings. The lowest BCUT2D eigenvalue weighted by molar-refractivity contribution is -0.133. The van der Waals surface area contributed by atoms with Crippen LogP contribution in [0.25, 0.3) is 5.78 Å². The molecule has 0 aliphatic rings. The molecule has 0 atom stereocenters. The number of fused-ring (bicyclic) bond motifs is 1. The Balaban J connectivity index is 1.75. The van der Waals surface area contributed by atoms with Gasteiger partial charge in [-0.15, -0.1) is 5.10 Å². The van der Waals surface area contributed by atoms with Crippen molar-refractivity contribution >= 4 is 23.4 Å². The maximum Gasteiger partial charge on any atom is 0.253 e. The van der Waals surface area contributed by atoms with E-state index in [1.54, 1.807) is 4.52 Å². The van der Waals surface area contributed by atoms with Gasteiger partial charge in [0.25, 0.3) is 5.78 Å². The Morgan fingerprint density at radius 1 is 1.11 bits per heavy atom. The molecule has 0 saturated heterocycles. The average Bonchev–Trinajstić information content (AvgIpc) is 3.05. The molecule has 0 aliphatic heterocycles. The van der Waals surface area contributed by atoms with E-state index in [0.29, 0.717) is 17.5 Å². The second-order valence-electron chi connectivity index (χ2n) is 7.94. The van der Waals surface area contributed by atoms with Crippen molar-refractivity contribution in [1.82, 2.24) is 24.5 Å². The van der Waals surface area contributed by atoms with E-state index >= 15 is 0 Å². The minimum atomic E-state index is -0.272. The Bertz CT molecular complexity index is 991. The number of rotatable bonds is 5. The van der Waals surface area contributed by atoms with E-state index < -0.39 is 0 Å². The van der Waals surface area contributed by atoms with Crippen LogP contribution < -0.4 is 0 Å². The number of carbonyl (C=O) groups excluding carboxylic acids is 1. The van der Waals surface area contributed by atoms with Crippen molar-refractivity contribution in [2.75, 3.05) is 5.75 Å². The van der Waals surface area contributed by atoms with Crippen molar-refractivity contribution in [3.8, 4) is 0 Å². The molecular weight excluding hydrogens is 370 g/mol. The third-order valence-electron chi connectivity index (χ3n) is 4.86. The van der Waals surface area contributed by atoms with Crippen LogP contribution in [-0.4, -0.2) is 41.7 Å². The lowest BCUT2D eigenvalue weighted by atomic mass is 10.0. The molecule has 28 heavy (non-hydrogen) atoms. The third kappa shape index (κ3) is 4.35. The molecule has 2 aromatic heterocycles. The molecule has 0 spiro atoms. The fourth-order valence-electron chi connectivity index (χ4n) is 2.97. The van der Waals surface area contributed by atoms with Gasteiger partial charge in [0.05, 0.1) is 5.75 Å². The van der Waals surface area contributed by atoms with Gasteiger partial charge in [0.15, 0.2) is 0 Å². The van der Waals surface area contributed by atoms with E-state index in [1.165, 1.54) is 11.8 Å². The van der Waals surface area contributed by atoms with Crippen LogP contribution in [0.1, 0.15) is 43.3 Å². The van der Waals surface area contributed by atoms with Crippen molar-refractivity contribution in [3.63, 3.8) is 0 Å². The van der Waals surface area contributed by atoms with Gasteiger partial charge >= 0.3 is 0 Å². The lowest BCUT2D eigenvalue weighted by Crippen LogP contribution is -2.45. The Hall–Kier alpha value is -2.41. The second kappa shape index (κ2) is 7.91. The summed E-state index contributed by atoms with van der Waals surface area (Å²) >= 11 is 1.36. The zero-order valence-electron chi connectivity index (χ0n) is 17.4. The summed E-state index contributed by atoms with van der Waals surface area (Å²) in [7, 11) is 0. The maximum absolute atomic E-state index is 13.0. The van der Waals surface area contributed by atoms with Crippen LogP contribution in [0.3, 0.4) is 0 Å². The van der Waals surface area contributed by atoms with Crippen molar-refractivity contribution in [2.45, 2.75) is 58.8 Å². The number of amides is 1. The van der Waals surface area contributed by atoms with Crippen molar-refractivity contribution in [2.24, 2.45) is 0 Å². The molecule has 1 amide bonds. The zero-order chi connectivity index (χ0) is 20.5. The number of carbonyl (C=O) groups is 1. The standard InChI is InChI=1S/C21H27N5OS/c1-14-15(2)22-19-23-20(24-26(19)16(14)3)28-13-18(27)25(21(4,5)6)12-17-10-8-7-9-11-17/h7-11H,12-13H2,1-6H3. The molecule has 7 heteroatoms. The summed E-state index contributed by atoms with van der Waals surface area (Å²) in [5, 5.41) is 5.10. The number of hydrogen-bond acceptors (Lipinski definition) is 5. The van der Waals surface area contributed by atoms with Gasteiger partial charge in [-0.1, -0.05) is 42.1 Å². The molecule has 2 heterocycles. The van der Waals surface area contributed by atoms with Gasteiger partial charge in [-0.05, 0) is 52.7 Å². The van der Waals surface area contributed by atoms with Crippen LogP contribution in [0.2, 0.25) is 0 Å². The van der Waals surface area contributed by atoms with Gasteiger partial charge in [-0.3, -0.25) is 4.79 Å². The van der Waals surface area contributed by atoms with Crippen LogP contribution >= 0.6 is 11.8 Å². The topological polar surface area (TPSA) is 63.4 Å². The van der Waals surface area contributed by atoms with Crippen LogP contribution in [0, 0.1) is 20.8 Å². The minimum absolute atomic E-state index is 0.0669.